The number of hydrogen-bond donors (Lipinski definition) is 2. The molecule has 0 bridgehead atoms. The number of fused-ring (bicyclic) bond motifs is 1. The zero-order chi connectivity index (χ0) is 8.55. The lowest BCUT2D eigenvalue weighted by atomic mass is 10.2. The maximum absolute atomic E-state index is 10.6. The number of thiol groups is 1. The second-order valence-corrected chi connectivity index (χ2v) is 2.90. The smallest absolute Gasteiger partial charge is 0.153 e. The van der Waals surface area contributed by atoms with E-state index in [1.54, 1.807) is 12.4 Å². The van der Waals surface area contributed by atoms with Crippen molar-refractivity contribution in [2.24, 2.45) is 0 Å². The lowest BCUT2D eigenvalue weighted by molar-refractivity contribution is 0.112. The van der Waals surface area contributed by atoms with Gasteiger partial charge in [-0.05, 0) is 12.1 Å². The van der Waals surface area contributed by atoms with Crippen molar-refractivity contribution < 1.29 is 4.79 Å². The van der Waals surface area contributed by atoms with E-state index in [9.17, 15) is 4.79 Å². The van der Waals surface area contributed by atoms with Crippen LogP contribution in [0.15, 0.2) is 23.4 Å². The van der Waals surface area contributed by atoms with E-state index in [1.807, 2.05) is 6.07 Å². The average Bonchev–Trinajstić information content (AvgIpc) is 2.52. The number of rotatable bonds is 1. The van der Waals surface area contributed by atoms with Gasteiger partial charge >= 0.3 is 0 Å². The van der Waals surface area contributed by atoms with Crippen molar-refractivity contribution >= 4 is 29.9 Å². The van der Waals surface area contributed by atoms with Crippen LogP contribution >= 0.6 is 12.6 Å². The zero-order valence-corrected chi connectivity index (χ0v) is 7.01. The molecule has 12 heavy (non-hydrogen) atoms. The van der Waals surface area contributed by atoms with E-state index in [2.05, 4.69) is 22.6 Å². The Morgan fingerprint density at radius 3 is 3.08 bits per heavy atom. The van der Waals surface area contributed by atoms with Gasteiger partial charge in [-0.25, -0.2) is 4.98 Å². The molecule has 3 nitrogen and oxygen atoms in total. The third kappa shape index (κ3) is 0.921. The summed E-state index contributed by atoms with van der Waals surface area (Å²) >= 11 is 4.14. The van der Waals surface area contributed by atoms with Gasteiger partial charge in [0.05, 0.1) is 22.9 Å². The molecular formula is C8H6N2OS. The number of carbonyl (C=O) groups excluding carboxylic acids is 1. The average molecular weight is 178 g/mol. The molecule has 0 aliphatic heterocycles. The van der Waals surface area contributed by atoms with E-state index >= 15 is 0 Å². The third-order valence-electron chi connectivity index (χ3n) is 1.73. The third-order valence-corrected chi connectivity index (χ3v) is 2.12. The first-order chi connectivity index (χ1) is 5.83. The highest BCUT2D eigenvalue weighted by atomic mass is 32.1. The van der Waals surface area contributed by atoms with Gasteiger partial charge < -0.3 is 4.98 Å². The number of aldehydes is 1. The molecule has 1 aromatic carbocycles. The highest BCUT2D eigenvalue weighted by Crippen LogP contribution is 2.20. The van der Waals surface area contributed by atoms with Crippen LogP contribution in [0.4, 0.5) is 0 Å². The zero-order valence-electron chi connectivity index (χ0n) is 6.11. The van der Waals surface area contributed by atoms with Crippen LogP contribution in [0, 0.1) is 0 Å². The Kier molecular flexibility index (Phi) is 1.62. The van der Waals surface area contributed by atoms with Crippen LogP contribution in [0.1, 0.15) is 10.4 Å². The first-order valence-corrected chi connectivity index (χ1v) is 3.88. The van der Waals surface area contributed by atoms with Gasteiger partial charge in [0.15, 0.2) is 6.29 Å². The lowest BCUT2D eigenvalue weighted by Crippen LogP contribution is -1.84. The standard InChI is InChI=1S/C8H6N2OS/c11-3-5-7(12)2-1-6-8(5)10-4-9-6/h1-4,12H,(H,9,10). The number of aromatic amines is 1. The summed E-state index contributed by atoms with van der Waals surface area (Å²) in [6.45, 7) is 0. The normalized spacial score (nSPS) is 10.4. The van der Waals surface area contributed by atoms with Crippen molar-refractivity contribution in [3.05, 3.63) is 24.0 Å². The van der Waals surface area contributed by atoms with E-state index in [0.29, 0.717) is 16.0 Å². The molecule has 4 heteroatoms. The molecule has 2 rings (SSSR count). The Labute approximate surface area is 74.2 Å². The Morgan fingerprint density at radius 1 is 1.50 bits per heavy atom. The summed E-state index contributed by atoms with van der Waals surface area (Å²) in [4.78, 5) is 18.2. The first kappa shape index (κ1) is 7.36. The summed E-state index contributed by atoms with van der Waals surface area (Å²) in [5.74, 6) is 0. The van der Waals surface area contributed by atoms with Gasteiger partial charge in [-0.1, -0.05) is 0 Å². The van der Waals surface area contributed by atoms with Crippen molar-refractivity contribution in [2.45, 2.75) is 4.90 Å². The summed E-state index contributed by atoms with van der Waals surface area (Å²) in [5, 5.41) is 0. The van der Waals surface area contributed by atoms with Crippen molar-refractivity contribution in [1.29, 1.82) is 0 Å². The van der Waals surface area contributed by atoms with E-state index < -0.39 is 0 Å². The Balaban J connectivity index is 2.91. The van der Waals surface area contributed by atoms with Gasteiger partial charge in [0.1, 0.15) is 0 Å². The second-order valence-electron chi connectivity index (χ2n) is 2.41. The van der Waals surface area contributed by atoms with Crippen LogP contribution < -0.4 is 0 Å². The van der Waals surface area contributed by atoms with Gasteiger partial charge in [-0.15, -0.1) is 12.6 Å². The number of benzene rings is 1. The van der Waals surface area contributed by atoms with Gasteiger partial charge in [-0.3, -0.25) is 4.79 Å². The van der Waals surface area contributed by atoms with E-state index in [4.69, 9.17) is 0 Å². The van der Waals surface area contributed by atoms with Crippen molar-refractivity contribution in [1.82, 2.24) is 9.97 Å². The Hall–Kier alpha value is -1.29. The molecule has 1 N–H and O–H groups in total. The minimum absolute atomic E-state index is 0.539. The molecule has 1 heterocycles. The molecule has 0 radical (unpaired) electrons. The fourth-order valence-electron chi connectivity index (χ4n) is 1.14. The van der Waals surface area contributed by atoms with Crippen molar-refractivity contribution in [2.75, 3.05) is 0 Å². The number of nitrogens with zero attached hydrogens (tertiary/aromatic N) is 1. The van der Waals surface area contributed by atoms with Crippen molar-refractivity contribution in [3.8, 4) is 0 Å². The summed E-state index contributed by atoms with van der Waals surface area (Å²) in [7, 11) is 0. The molecule has 0 aliphatic rings. The minimum Gasteiger partial charge on any atom is -0.345 e. The summed E-state index contributed by atoms with van der Waals surface area (Å²) in [6.07, 6.45) is 2.33. The van der Waals surface area contributed by atoms with Gasteiger partial charge in [-0.2, -0.15) is 0 Å². The SMILES string of the molecule is O=Cc1c(S)ccc2[nH]cnc12. The monoisotopic (exact) mass is 178 g/mol. The maximum atomic E-state index is 10.6. The predicted octanol–water partition coefficient (Wildman–Crippen LogP) is 1.66. The molecule has 2 aromatic rings. The van der Waals surface area contributed by atoms with Crippen LogP contribution in [-0.2, 0) is 0 Å². The van der Waals surface area contributed by atoms with Crippen molar-refractivity contribution in [3.63, 3.8) is 0 Å². The topological polar surface area (TPSA) is 45.8 Å². The first-order valence-electron chi connectivity index (χ1n) is 3.43. The number of carbonyl (C=O) groups is 1. The van der Waals surface area contributed by atoms with Crippen LogP contribution in [0.3, 0.4) is 0 Å². The highest BCUT2D eigenvalue weighted by molar-refractivity contribution is 7.80. The summed E-state index contributed by atoms with van der Waals surface area (Å²) in [5.41, 5.74) is 2.07. The largest absolute Gasteiger partial charge is 0.345 e. The van der Waals surface area contributed by atoms with E-state index in [0.717, 1.165) is 11.8 Å². The minimum atomic E-state index is 0.539. The van der Waals surface area contributed by atoms with E-state index in [-0.39, 0.29) is 0 Å². The fraction of sp³-hybridized carbons (Fsp3) is 0. The number of imidazole rings is 1. The molecule has 0 amide bonds. The molecule has 0 saturated carbocycles. The Bertz CT molecular complexity index is 436. The van der Waals surface area contributed by atoms with Gasteiger partial charge in [0, 0.05) is 4.90 Å². The van der Waals surface area contributed by atoms with Crippen LogP contribution in [0.2, 0.25) is 0 Å². The predicted molar refractivity (Wildman–Crippen MR) is 48.7 cm³/mol. The molecule has 0 aliphatic carbocycles. The molecule has 1 aromatic heterocycles. The van der Waals surface area contributed by atoms with E-state index in [1.165, 1.54) is 0 Å². The molecule has 0 saturated heterocycles. The number of H-pyrrole nitrogens is 1. The second kappa shape index (κ2) is 2.64. The lowest BCUT2D eigenvalue weighted by Gasteiger charge is -1.96. The van der Waals surface area contributed by atoms with Gasteiger partial charge in [0.25, 0.3) is 0 Å². The maximum Gasteiger partial charge on any atom is 0.153 e. The molecule has 0 unspecified atom stereocenters. The van der Waals surface area contributed by atoms with Crippen LogP contribution in [-0.4, -0.2) is 16.3 Å². The highest BCUT2D eigenvalue weighted by Gasteiger charge is 2.05. The molecule has 0 spiro atoms. The molecule has 0 atom stereocenters. The molecule has 0 fully saturated rings. The number of hydrogen-bond acceptors (Lipinski definition) is 3. The molecular weight excluding hydrogens is 172 g/mol. The van der Waals surface area contributed by atoms with Gasteiger partial charge in [0.2, 0.25) is 0 Å². The van der Waals surface area contributed by atoms with Crippen LogP contribution in [0.25, 0.3) is 11.0 Å². The quantitative estimate of drug-likeness (QED) is 0.515. The van der Waals surface area contributed by atoms with Crippen LogP contribution in [0.5, 0.6) is 0 Å². The Morgan fingerprint density at radius 2 is 2.33 bits per heavy atom. The molecule has 60 valence electrons. The number of aromatic nitrogens is 2. The number of nitrogens with one attached hydrogen (secondary N) is 1. The fourth-order valence-corrected chi connectivity index (χ4v) is 1.37. The summed E-state index contributed by atoms with van der Waals surface area (Å²) < 4.78 is 0. The summed E-state index contributed by atoms with van der Waals surface area (Å²) in [6, 6.07) is 3.62.